The van der Waals surface area contributed by atoms with Crippen molar-refractivity contribution < 1.29 is 0 Å². The summed E-state index contributed by atoms with van der Waals surface area (Å²) in [6.45, 7) is 0. The number of hydrogen-bond acceptors (Lipinski definition) is 1. The monoisotopic (exact) mass is 275 g/mol. The molecule has 1 fully saturated rings. The molecule has 2 heterocycles. The predicted octanol–water partition coefficient (Wildman–Crippen LogP) is 4.24. The molecule has 0 saturated carbocycles. The number of aryl methyl sites for hydroxylation is 2. The van der Waals surface area contributed by atoms with E-state index in [0.717, 1.165) is 0 Å². The second-order valence-electron chi connectivity index (χ2n) is 6.91. The quantitative estimate of drug-likeness (QED) is 0.821. The summed E-state index contributed by atoms with van der Waals surface area (Å²) in [5, 5.41) is 6.81. The van der Waals surface area contributed by atoms with E-state index in [2.05, 4.69) is 41.7 Å². The van der Waals surface area contributed by atoms with Crippen LogP contribution in [0.4, 0.5) is 0 Å². The SMILES string of the molecule is C1=C(c2ccc3c4c(cccc24)CC3)CC2CCCC1N2. The number of hydrogen-bond donors (Lipinski definition) is 1. The van der Waals surface area contributed by atoms with Crippen molar-refractivity contribution in [3.63, 3.8) is 0 Å². The van der Waals surface area contributed by atoms with E-state index in [-0.39, 0.29) is 0 Å². The Balaban J connectivity index is 1.70. The van der Waals surface area contributed by atoms with Crippen LogP contribution in [0.25, 0.3) is 16.3 Å². The van der Waals surface area contributed by atoms with Crippen LogP contribution in [0.2, 0.25) is 0 Å². The van der Waals surface area contributed by atoms with Gasteiger partial charge in [0.2, 0.25) is 0 Å². The zero-order valence-corrected chi connectivity index (χ0v) is 12.4. The van der Waals surface area contributed by atoms with E-state index in [1.54, 1.807) is 22.1 Å². The van der Waals surface area contributed by atoms with E-state index in [1.807, 2.05) is 0 Å². The molecule has 2 unspecified atom stereocenters. The van der Waals surface area contributed by atoms with Gasteiger partial charge in [0.25, 0.3) is 0 Å². The maximum absolute atomic E-state index is 3.76. The topological polar surface area (TPSA) is 12.0 Å². The van der Waals surface area contributed by atoms with Gasteiger partial charge in [-0.25, -0.2) is 0 Å². The lowest BCUT2D eigenvalue weighted by atomic mass is 9.83. The maximum atomic E-state index is 3.76. The summed E-state index contributed by atoms with van der Waals surface area (Å²) in [6.07, 6.45) is 10.2. The van der Waals surface area contributed by atoms with E-state index in [9.17, 15) is 0 Å². The van der Waals surface area contributed by atoms with Crippen LogP contribution in [0.1, 0.15) is 42.4 Å². The lowest BCUT2D eigenvalue weighted by Crippen LogP contribution is -2.44. The highest BCUT2D eigenvalue weighted by Gasteiger charge is 2.27. The van der Waals surface area contributed by atoms with Crippen LogP contribution in [-0.2, 0) is 12.8 Å². The minimum Gasteiger partial charge on any atom is -0.307 e. The molecule has 2 aromatic rings. The van der Waals surface area contributed by atoms with Crippen molar-refractivity contribution in [2.45, 2.75) is 50.6 Å². The van der Waals surface area contributed by atoms with Crippen LogP contribution in [0.3, 0.4) is 0 Å². The standard InChI is InChI=1S/C20H21N/c1-3-13-7-8-14-9-10-18(19(6-1)20(13)14)15-11-16-4-2-5-17(12-15)21-16/h1,3,6,9-11,16-17,21H,2,4-5,7-8,12H2. The summed E-state index contributed by atoms with van der Waals surface area (Å²) in [5.74, 6) is 0. The Morgan fingerprint density at radius 2 is 1.86 bits per heavy atom. The predicted molar refractivity (Wildman–Crippen MR) is 88.5 cm³/mol. The molecule has 2 aliphatic heterocycles. The number of fused-ring (bicyclic) bond motifs is 2. The van der Waals surface area contributed by atoms with Gasteiger partial charge in [0, 0.05) is 12.1 Å². The molecule has 106 valence electrons. The molecule has 0 radical (unpaired) electrons. The van der Waals surface area contributed by atoms with E-state index in [0.29, 0.717) is 12.1 Å². The van der Waals surface area contributed by atoms with Gasteiger partial charge in [-0.2, -0.15) is 0 Å². The first-order valence-corrected chi connectivity index (χ1v) is 8.39. The van der Waals surface area contributed by atoms with Gasteiger partial charge in [-0.05, 0) is 65.1 Å². The summed E-state index contributed by atoms with van der Waals surface area (Å²) in [6, 6.07) is 13.0. The Hall–Kier alpha value is -1.60. The Kier molecular flexibility index (Phi) is 2.54. The zero-order chi connectivity index (χ0) is 13.8. The summed E-state index contributed by atoms with van der Waals surface area (Å²) >= 11 is 0. The molecule has 1 nitrogen and oxygen atoms in total. The smallest absolute Gasteiger partial charge is 0.0258 e. The fraction of sp³-hybridized carbons (Fsp3) is 0.400. The minimum atomic E-state index is 0.607. The molecule has 5 rings (SSSR count). The lowest BCUT2D eigenvalue weighted by Gasteiger charge is -2.35. The second-order valence-corrected chi connectivity index (χ2v) is 6.91. The van der Waals surface area contributed by atoms with Crippen molar-refractivity contribution in [1.82, 2.24) is 5.32 Å². The molecule has 0 spiro atoms. The maximum Gasteiger partial charge on any atom is 0.0258 e. The van der Waals surface area contributed by atoms with Gasteiger partial charge in [-0.3, -0.25) is 0 Å². The van der Waals surface area contributed by atoms with Crippen LogP contribution >= 0.6 is 0 Å². The number of benzene rings is 2. The van der Waals surface area contributed by atoms with E-state index in [1.165, 1.54) is 49.5 Å². The van der Waals surface area contributed by atoms with Crippen LogP contribution in [0.5, 0.6) is 0 Å². The van der Waals surface area contributed by atoms with Gasteiger partial charge in [0.15, 0.2) is 0 Å². The van der Waals surface area contributed by atoms with Crippen molar-refractivity contribution in [3.05, 3.63) is 53.1 Å². The zero-order valence-electron chi connectivity index (χ0n) is 12.4. The molecule has 0 amide bonds. The number of nitrogens with one attached hydrogen (secondary N) is 1. The number of rotatable bonds is 1. The Morgan fingerprint density at radius 3 is 2.76 bits per heavy atom. The fourth-order valence-electron chi connectivity index (χ4n) is 4.65. The van der Waals surface area contributed by atoms with Crippen molar-refractivity contribution >= 4 is 16.3 Å². The summed E-state index contributed by atoms with van der Waals surface area (Å²) in [7, 11) is 0. The van der Waals surface area contributed by atoms with Crippen LogP contribution in [0, 0.1) is 0 Å². The number of piperidine rings is 1. The first-order valence-electron chi connectivity index (χ1n) is 8.39. The normalized spacial score (nSPS) is 27.0. The van der Waals surface area contributed by atoms with Gasteiger partial charge >= 0.3 is 0 Å². The van der Waals surface area contributed by atoms with E-state index >= 15 is 0 Å². The third-order valence-electron chi connectivity index (χ3n) is 5.61. The van der Waals surface area contributed by atoms with Crippen LogP contribution in [0.15, 0.2) is 36.4 Å². The molecule has 2 aromatic carbocycles. The largest absolute Gasteiger partial charge is 0.307 e. The van der Waals surface area contributed by atoms with Crippen LogP contribution < -0.4 is 5.32 Å². The van der Waals surface area contributed by atoms with E-state index < -0.39 is 0 Å². The summed E-state index contributed by atoms with van der Waals surface area (Å²) in [4.78, 5) is 0. The Morgan fingerprint density at radius 1 is 0.952 bits per heavy atom. The minimum absolute atomic E-state index is 0.607. The van der Waals surface area contributed by atoms with Gasteiger partial charge < -0.3 is 5.32 Å². The van der Waals surface area contributed by atoms with Crippen molar-refractivity contribution in [2.24, 2.45) is 0 Å². The van der Waals surface area contributed by atoms with Gasteiger partial charge in [-0.15, -0.1) is 0 Å². The van der Waals surface area contributed by atoms with Gasteiger partial charge in [-0.1, -0.05) is 42.8 Å². The molecule has 2 bridgehead atoms. The van der Waals surface area contributed by atoms with Crippen molar-refractivity contribution in [3.8, 4) is 0 Å². The molecule has 21 heavy (non-hydrogen) atoms. The molecule has 1 N–H and O–H groups in total. The highest BCUT2D eigenvalue weighted by molar-refractivity contribution is 5.99. The second kappa shape index (κ2) is 4.45. The average Bonchev–Trinajstić information content (AvgIpc) is 2.93. The lowest BCUT2D eigenvalue weighted by molar-refractivity contribution is 0.348. The fourth-order valence-corrected chi connectivity index (χ4v) is 4.65. The first kappa shape index (κ1) is 12.0. The third-order valence-corrected chi connectivity index (χ3v) is 5.61. The summed E-state index contributed by atoms with van der Waals surface area (Å²) in [5.41, 5.74) is 6.19. The molecule has 1 heteroatoms. The Bertz CT molecular complexity index is 746. The average molecular weight is 275 g/mol. The molecule has 2 atom stereocenters. The summed E-state index contributed by atoms with van der Waals surface area (Å²) < 4.78 is 0. The third kappa shape index (κ3) is 1.80. The highest BCUT2D eigenvalue weighted by Crippen LogP contribution is 2.38. The van der Waals surface area contributed by atoms with Gasteiger partial charge in [0.05, 0.1) is 0 Å². The first-order chi connectivity index (χ1) is 10.4. The molecule has 3 aliphatic rings. The molecule has 1 aliphatic carbocycles. The highest BCUT2D eigenvalue weighted by atomic mass is 15.0. The van der Waals surface area contributed by atoms with Crippen molar-refractivity contribution in [2.75, 3.05) is 0 Å². The van der Waals surface area contributed by atoms with Crippen molar-refractivity contribution in [1.29, 1.82) is 0 Å². The van der Waals surface area contributed by atoms with Gasteiger partial charge in [0.1, 0.15) is 0 Å². The van der Waals surface area contributed by atoms with E-state index in [4.69, 9.17) is 0 Å². The molecular weight excluding hydrogens is 254 g/mol. The molecule has 1 saturated heterocycles. The molecule has 0 aromatic heterocycles. The Labute approximate surface area is 126 Å². The van der Waals surface area contributed by atoms with Crippen LogP contribution in [-0.4, -0.2) is 12.1 Å². The molecular formula is C20H21N.